The minimum atomic E-state index is -0.318. The van der Waals surface area contributed by atoms with E-state index in [1.165, 1.54) is 0 Å². The van der Waals surface area contributed by atoms with Crippen LogP contribution in [0.5, 0.6) is 0 Å². The summed E-state index contributed by atoms with van der Waals surface area (Å²) in [5, 5.41) is 13.3. The third kappa shape index (κ3) is 4.24. The quantitative estimate of drug-likeness (QED) is 0.735. The Morgan fingerprint density at radius 1 is 1.43 bits per heavy atom. The molecule has 6 heteroatoms. The van der Waals surface area contributed by atoms with Gasteiger partial charge in [0.2, 0.25) is 5.91 Å². The molecule has 1 aromatic heterocycles. The number of carbonyl (C=O) groups is 1. The molecule has 3 N–H and O–H groups in total. The Hall–Kier alpha value is -1.59. The SMILES string of the molecule is O=C(NCCCc1nc2ccc(Cl)cc2[nH]1)[C@@H]1CCC[C@H](O)C1. The van der Waals surface area contributed by atoms with E-state index >= 15 is 0 Å². The predicted molar refractivity (Wildman–Crippen MR) is 90.4 cm³/mol. The number of nitrogens with zero attached hydrogens (tertiary/aromatic N) is 1. The third-order valence-electron chi connectivity index (χ3n) is 4.40. The van der Waals surface area contributed by atoms with Gasteiger partial charge in [-0.2, -0.15) is 0 Å². The molecule has 1 saturated carbocycles. The number of benzene rings is 1. The number of aromatic nitrogens is 2. The molecule has 0 saturated heterocycles. The summed E-state index contributed by atoms with van der Waals surface area (Å²) in [6.07, 6.45) is 4.51. The molecule has 23 heavy (non-hydrogen) atoms. The van der Waals surface area contributed by atoms with Crippen LogP contribution in [0.4, 0.5) is 0 Å². The number of halogens is 1. The van der Waals surface area contributed by atoms with Gasteiger partial charge in [-0.25, -0.2) is 4.98 Å². The number of hydrogen-bond donors (Lipinski definition) is 3. The average molecular weight is 336 g/mol. The number of rotatable bonds is 5. The standard InChI is InChI=1S/C17H22ClN3O2/c18-12-6-7-14-15(10-12)21-16(20-14)5-2-8-19-17(23)11-3-1-4-13(22)9-11/h6-7,10-11,13,22H,1-5,8-9H2,(H,19,23)(H,20,21)/t11-,13+/m1/s1. The number of imidazole rings is 1. The molecule has 0 bridgehead atoms. The smallest absolute Gasteiger partial charge is 0.223 e. The van der Waals surface area contributed by atoms with Crippen molar-refractivity contribution in [3.05, 3.63) is 29.0 Å². The lowest BCUT2D eigenvalue weighted by Gasteiger charge is -2.24. The maximum atomic E-state index is 12.1. The lowest BCUT2D eigenvalue weighted by atomic mass is 9.87. The van der Waals surface area contributed by atoms with Crippen LogP contribution in [0, 0.1) is 5.92 Å². The second-order valence-corrected chi connectivity index (χ2v) is 6.69. The van der Waals surface area contributed by atoms with E-state index in [-0.39, 0.29) is 17.9 Å². The lowest BCUT2D eigenvalue weighted by Crippen LogP contribution is -2.35. The normalized spacial score (nSPS) is 21.5. The second kappa shape index (κ2) is 7.32. The Bertz CT molecular complexity index is 686. The minimum Gasteiger partial charge on any atom is -0.393 e. The Morgan fingerprint density at radius 3 is 3.13 bits per heavy atom. The van der Waals surface area contributed by atoms with Gasteiger partial charge in [-0.05, 0) is 43.9 Å². The highest BCUT2D eigenvalue weighted by Crippen LogP contribution is 2.24. The maximum absolute atomic E-state index is 12.1. The number of fused-ring (bicyclic) bond motifs is 1. The topological polar surface area (TPSA) is 78.0 Å². The Labute approximate surface area is 140 Å². The van der Waals surface area contributed by atoms with Gasteiger partial charge in [0.05, 0.1) is 17.1 Å². The Morgan fingerprint density at radius 2 is 2.30 bits per heavy atom. The number of aliphatic hydroxyl groups excluding tert-OH is 1. The van der Waals surface area contributed by atoms with Crippen LogP contribution in [0.25, 0.3) is 11.0 Å². The summed E-state index contributed by atoms with van der Waals surface area (Å²) in [7, 11) is 0. The van der Waals surface area contributed by atoms with E-state index in [4.69, 9.17) is 11.6 Å². The summed E-state index contributed by atoms with van der Waals surface area (Å²) in [5.41, 5.74) is 1.84. The highest BCUT2D eigenvalue weighted by atomic mass is 35.5. The van der Waals surface area contributed by atoms with Crippen LogP contribution in [-0.2, 0) is 11.2 Å². The molecule has 0 aliphatic heterocycles. The largest absolute Gasteiger partial charge is 0.393 e. The molecule has 2 aromatic rings. The molecule has 0 unspecified atom stereocenters. The first-order valence-corrected chi connectivity index (χ1v) is 8.59. The Balaban J connectivity index is 1.44. The summed E-state index contributed by atoms with van der Waals surface area (Å²) in [5.74, 6) is 0.942. The number of H-pyrrole nitrogens is 1. The average Bonchev–Trinajstić information content (AvgIpc) is 2.93. The Kier molecular flexibility index (Phi) is 5.18. The number of hydrogen-bond acceptors (Lipinski definition) is 3. The molecule has 1 heterocycles. The molecule has 1 aliphatic carbocycles. The van der Waals surface area contributed by atoms with E-state index in [0.717, 1.165) is 49.0 Å². The van der Waals surface area contributed by atoms with Crippen LogP contribution in [0.15, 0.2) is 18.2 Å². The summed E-state index contributed by atoms with van der Waals surface area (Å²) in [4.78, 5) is 19.8. The van der Waals surface area contributed by atoms with Gasteiger partial charge < -0.3 is 15.4 Å². The molecule has 3 rings (SSSR count). The third-order valence-corrected chi connectivity index (χ3v) is 4.63. The fourth-order valence-electron chi connectivity index (χ4n) is 3.17. The van der Waals surface area contributed by atoms with Crippen molar-refractivity contribution >= 4 is 28.5 Å². The van der Waals surface area contributed by atoms with Gasteiger partial charge in [-0.3, -0.25) is 4.79 Å². The fraction of sp³-hybridized carbons (Fsp3) is 0.529. The van der Waals surface area contributed by atoms with Gasteiger partial charge in [0.15, 0.2) is 0 Å². The van der Waals surface area contributed by atoms with E-state index in [2.05, 4.69) is 15.3 Å². The predicted octanol–water partition coefficient (Wildman–Crippen LogP) is 2.82. The fourth-order valence-corrected chi connectivity index (χ4v) is 3.34. The van der Waals surface area contributed by atoms with Crippen LogP contribution in [0.1, 0.15) is 37.9 Å². The zero-order valence-corrected chi connectivity index (χ0v) is 13.8. The van der Waals surface area contributed by atoms with Gasteiger partial charge in [-0.1, -0.05) is 18.0 Å². The van der Waals surface area contributed by atoms with E-state index in [1.807, 2.05) is 18.2 Å². The van der Waals surface area contributed by atoms with Crippen LogP contribution in [0.2, 0.25) is 5.02 Å². The van der Waals surface area contributed by atoms with Gasteiger partial charge >= 0.3 is 0 Å². The number of amides is 1. The molecule has 1 amide bonds. The van der Waals surface area contributed by atoms with Crippen molar-refractivity contribution in [1.82, 2.24) is 15.3 Å². The van der Waals surface area contributed by atoms with Crippen molar-refractivity contribution < 1.29 is 9.90 Å². The zero-order valence-electron chi connectivity index (χ0n) is 13.0. The second-order valence-electron chi connectivity index (χ2n) is 6.26. The lowest BCUT2D eigenvalue weighted by molar-refractivity contribution is -0.127. The molecule has 2 atom stereocenters. The summed E-state index contributed by atoms with van der Waals surface area (Å²) in [6.45, 7) is 0.628. The number of aliphatic hydroxyl groups is 1. The van der Waals surface area contributed by atoms with Crippen molar-refractivity contribution in [1.29, 1.82) is 0 Å². The minimum absolute atomic E-state index is 0.0351. The maximum Gasteiger partial charge on any atom is 0.223 e. The van der Waals surface area contributed by atoms with Crippen LogP contribution in [0.3, 0.4) is 0 Å². The molecule has 1 fully saturated rings. The van der Waals surface area contributed by atoms with Crippen molar-refractivity contribution in [2.45, 2.75) is 44.6 Å². The number of nitrogens with one attached hydrogen (secondary N) is 2. The molecular weight excluding hydrogens is 314 g/mol. The van der Waals surface area contributed by atoms with E-state index in [0.29, 0.717) is 18.0 Å². The zero-order chi connectivity index (χ0) is 16.2. The number of aryl methyl sites for hydroxylation is 1. The molecule has 5 nitrogen and oxygen atoms in total. The van der Waals surface area contributed by atoms with Crippen molar-refractivity contribution in [2.24, 2.45) is 5.92 Å². The van der Waals surface area contributed by atoms with Crippen LogP contribution >= 0.6 is 11.6 Å². The van der Waals surface area contributed by atoms with Gasteiger partial charge in [0.25, 0.3) is 0 Å². The van der Waals surface area contributed by atoms with Crippen LogP contribution < -0.4 is 5.32 Å². The highest BCUT2D eigenvalue weighted by Gasteiger charge is 2.25. The first-order chi connectivity index (χ1) is 11.1. The summed E-state index contributed by atoms with van der Waals surface area (Å²) in [6, 6.07) is 5.59. The molecule has 1 aliphatic rings. The molecular formula is C17H22ClN3O2. The van der Waals surface area contributed by atoms with E-state index < -0.39 is 0 Å². The first kappa shape index (κ1) is 16.3. The van der Waals surface area contributed by atoms with Crippen molar-refractivity contribution in [3.63, 3.8) is 0 Å². The van der Waals surface area contributed by atoms with E-state index in [9.17, 15) is 9.90 Å². The monoisotopic (exact) mass is 335 g/mol. The summed E-state index contributed by atoms with van der Waals surface area (Å²) < 4.78 is 0. The molecule has 0 radical (unpaired) electrons. The van der Waals surface area contributed by atoms with Gasteiger partial charge in [0.1, 0.15) is 5.82 Å². The molecule has 0 spiro atoms. The van der Waals surface area contributed by atoms with Crippen molar-refractivity contribution in [3.8, 4) is 0 Å². The summed E-state index contributed by atoms with van der Waals surface area (Å²) >= 11 is 5.96. The van der Waals surface area contributed by atoms with Gasteiger partial charge in [-0.15, -0.1) is 0 Å². The first-order valence-electron chi connectivity index (χ1n) is 8.22. The molecule has 124 valence electrons. The molecule has 1 aromatic carbocycles. The number of carbonyl (C=O) groups excluding carboxylic acids is 1. The van der Waals surface area contributed by atoms with Gasteiger partial charge in [0, 0.05) is 23.9 Å². The van der Waals surface area contributed by atoms with Crippen molar-refractivity contribution in [2.75, 3.05) is 6.54 Å². The van der Waals surface area contributed by atoms with Crippen LogP contribution in [-0.4, -0.2) is 33.6 Å². The van der Waals surface area contributed by atoms with E-state index in [1.54, 1.807) is 0 Å². The highest BCUT2D eigenvalue weighted by molar-refractivity contribution is 6.31. The number of aromatic amines is 1.